The van der Waals surface area contributed by atoms with Crippen LogP contribution in [0.1, 0.15) is 0 Å². The number of nitrogens with one attached hydrogen (secondary N) is 1. The maximum absolute atomic E-state index is 12.5. The topological polar surface area (TPSA) is 76.5 Å². The number of para-hydroxylation sites is 1. The monoisotopic (exact) mass is 444 g/mol. The maximum Gasteiger partial charge on any atom is 0.244 e. The molecule has 0 fully saturated rings. The molecule has 1 N–H and O–H groups in total. The number of nitrogens with zero attached hydrogens (tertiary/aromatic N) is 3. The van der Waals surface area contributed by atoms with Gasteiger partial charge < -0.3 is 15.0 Å². The summed E-state index contributed by atoms with van der Waals surface area (Å²) in [6, 6.07) is 14.5. The maximum atomic E-state index is 12.5. The van der Waals surface area contributed by atoms with Gasteiger partial charge in [-0.25, -0.2) is 4.98 Å². The van der Waals surface area contributed by atoms with E-state index in [1.165, 1.54) is 16.7 Å². The first-order chi connectivity index (χ1) is 14.5. The number of rotatable bonds is 8. The average molecular weight is 445 g/mol. The van der Waals surface area contributed by atoms with E-state index in [0.29, 0.717) is 15.9 Å². The molecule has 30 heavy (non-hydrogen) atoms. The Morgan fingerprint density at radius 1 is 1.23 bits per heavy atom. The largest absolute Gasteiger partial charge is 0.497 e. The first kappa shape index (κ1) is 21.7. The minimum atomic E-state index is -0.318. The van der Waals surface area contributed by atoms with E-state index in [-0.39, 0.29) is 24.1 Å². The van der Waals surface area contributed by atoms with Gasteiger partial charge in [0.05, 0.1) is 35.8 Å². The van der Waals surface area contributed by atoms with Crippen LogP contribution in [-0.4, -0.2) is 52.7 Å². The number of thioether (sulfide) groups is 1. The lowest BCUT2D eigenvalue weighted by molar-refractivity contribution is -0.131. The molecule has 156 valence electrons. The summed E-state index contributed by atoms with van der Waals surface area (Å²) in [6.07, 6.45) is 3.50. The normalized spacial score (nSPS) is 10.5. The Morgan fingerprint density at radius 2 is 2.03 bits per heavy atom. The van der Waals surface area contributed by atoms with Gasteiger partial charge in [0.2, 0.25) is 11.8 Å². The Labute approximate surface area is 184 Å². The molecule has 0 saturated carbocycles. The van der Waals surface area contributed by atoms with Crippen molar-refractivity contribution in [3.05, 3.63) is 65.9 Å². The molecular weight excluding hydrogens is 424 g/mol. The van der Waals surface area contributed by atoms with E-state index in [9.17, 15) is 9.59 Å². The van der Waals surface area contributed by atoms with Gasteiger partial charge in [-0.15, -0.1) is 0 Å². The number of ether oxygens (including phenoxy) is 1. The van der Waals surface area contributed by atoms with Crippen LogP contribution in [0.25, 0.3) is 5.69 Å². The van der Waals surface area contributed by atoms with Crippen LogP contribution in [0.3, 0.4) is 0 Å². The number of carbonyl (C=O) groups excluding carboxylic acids is 2. The van der Waals surface area contributed by atoms with E-state index in [1.807, 2.05) is 35.0 Å². The van der Waals surface area contributed by atoms with Crippen LogP contribution in [0.2, 0.25) is 5.02 Å². The molecular formula is C21H21ClN4O3S. The van der Waals surface area contributed by atoms with Crippen molar-refractivity contribution < 1.29 is 14.3 Å². The van der Waals surface area contributed by atoms with Gasteiger partial charge >= 0.3 is 0 Å². The van der Waals surface area contributed by atoms with Crippen molar-refractivity contribution in [3.63, 3.8) is 0 Å². The molecule has 1 heterocycles. The highest BCUT2D eigenvalue weighted by Gasteiger charge is 2.16. The number of hydrogen-bond donors (Lipinski definition) is 1. The van der Waals surface area contributed by atoms with Crippen molar-refractivity contribution >= 4 is 40.9 Å². The third-order valence-corrected chi connectivity index (χ3v) is 5.50. The Hall–Kier alpha value is -2.97. The summed E-state index contributed by atoms with van der Waals surface area (Å²) >= 11 is 7.34. The lowest BCUT2D eigenvalue weighted by atomic mass is 10.3. The molecule has 0 atom stereocenters. The van der Waals surface area contributed by atoms with E-state index in [1.54, 1.807) is 44.6 Å². The number of halogens is 1. The second-order valence-electron chi connectivity index (χ2n) is 6.35. The zero-order chi connectivity index (χ0) is 21.5. The summed E-state index contributed by atoms with van der Waals surface area (Å²) in [5, 5.41) is 3.82. The highest BCUT2D eigenvalue weighted by molar-refractivity contribution is 7.99. The molecule has 0 unspecified atom stereocenters. The van der Waals surface area contributed by atoms with Crippen molar-refractivity contribution in [2.24, 2.45) is 0 Å². The Kier molecular flexibility index (Phi) is 7.37. The number of amides is 2. The summed E-state index contributed by atoms with van der Waals surface area (Å²) in [4.78, 5) is 30.4. The fourth-order valence-corrected chi connectivity index (χ4v) is 3.74. The fourth-order valence-electron chi connectivity index (χ4n) is 2.65. The van der Waals surface area contributed by atoms with Crippen LogP contribution < -0.4 is 10.1 Å². The van der Waals surface area contributed by atoms with Crippen molar-refractivity contribution in [2.45, 2.75) is 5.16 Å². The molecule has 2 amide bonds. The number of anilines is 1. The molecule has 0 bridgehead atoms. The SMILES string of the molecule is COc1cccc(-n2ccnc2SCC(=O)N(C)CC(=O)Nc2ccccc2Cl)c1. The minimum Gasteiger partial charge on any atom is -0.497 e. The number of benzene rings is 2. The van der Waals surface area contributed by atoms with Crippen LogP contribution in [0.4, 0.5) is 5.69 Å². The Balaban J connectivity index is 1.56. The Bertz CT molecular complexity index is 1040. The van der Waals surface area contributed by atoms with Crippen LogP contribution >= 0.6 is 23.4 Å². The molecule has 0 aliphatic carbocycles. The second kappa shape index (κ2) is 10.2. The van der Waals surface area contributed by atoms with E-state index in [2.05, 4.69) is 10.3 Å². The first-order valence-electron chi connectivity index (χ1n) is 9.07. The summed E-state index contributed by atoms with van der Waals surface area (Å²) in [5.41, 5.74) is 1.40. The molecule has 9 heteroatoms. The van der Waals surface area contributed by atoms with Crippen molar-refractivity contribution in [1.29, 1.82) is 0 Å². The minimum absolute atomic E-state index is 0.0745. The molecule has 3 rings (SSSR count). The van der Waals surface area contributed by atoms with E-state index < -0.39 is 0 Å². The summed E-state index contributed by atoms with van der Waals surface area (Å²) < 4.78 is 7.14. The number of imidazole rings is 1. The molecule has 3 aromatic rings. The molecule has 0 spiro atoms. The zero-order valence-corrected chi connectivity index (χ0v) is 18.1. The molecule has 0 aliphatic heterocycles. The quantitative estimate of drug-likeness (QED) is 0.536. The first-order valence-corrected chi connectivity index (χ1v) is 10.4. The van der Waals surface area contributed by atoms with Crippen molar-refractivity contribution in [2.75, 3.05) is 31.8 Å². The highest BCUT2D eigenvalue weighted by Crippen LogP contribution is 2.23. The summed E-state index contributed by atoms with van der Waals surface area (Å²) in [7, 11) is 3.20. The van der Waals surface area contributed by atoms with Gasteiger partial charge in [0.15, 0.2) is 5.16 Å². The van der Waals surface area contributed by atoms with Crippen LogP contribution in [0, 0.1) is 0 Å². The van der Waals surface area contributed by atoms with Gasteiger partial charge in [0, 0.05) is 25.5 Å². The van der Waals surface area contributed by atoms with Crippen LogP contribution in [0.5, 0.6) is 5.75 Å². The number of carbonyl (C=O) groups is 2. The Morgan fingerprint density at radius 3 is 2.80 bits per heavy atom. The van der Waals surface area contributed by atoms with E-state index in [0.717, 1.165) is 11.4 Å². The van der Waals surface area contributed by atoms with Gasteiger partial charge in [0.25, 0.3) is 0 Å². The number of hydrogen-bond acceptors (Lipinski definition) is 5. The lowest BCUT2D eigenvalue weighted by Gasteiger charge is -2.17. The number of aromatic nitrogens is 2. The molecule has 7 nitrogen and oxygen atoms in total. The standard InChI is InChI=1S/C21H21ClN4O3S/c1-25(13-19(27)24-18-9-4-3-8-17(18)22)20(28)14-30-21-23-10-11-26(21)15-6-5-7-16(12-15)29-2/h3-12H,13-14H2,1-2H3,(H,24,27). The zero-order valence-electron chi connectivity index (χ0n) is 16.5. The van der Waals surface area contributed by atoms with Crippen molar-refractivity contribution in [1.82, 2.24) is 14.5 Å². The third-order valence-electron chi connectivity index (χ3n) is 4.22. The predicted octanol–water partition coefficient (Wildman–Crippen LogP) is 3.72. The van der Waals surface area contributed by atoms with E-state index in [4.69, 9.17) is 16.3 Å². The molecule has 1 aromatic heterocycles. The molecule has 0 radical (unpaired) electrons. The van der Waals surface area contributed by atoms with Crippen LogP contribution in [-0.2, 0) is 9.59 Å². The van der Waals surface area contributed by atoms with E-state index >= 15 is 0 Å². The van der Waals surface area contributed by atoms with Gasteiger partial charge in [-0.05, 0) is 24.3 Å². The van der Waals surface area contributed by atoms with Crippen molar-refractivity contribution in [3.8, 4) is 11.4 Å². The summed E-state index contributed by atoms with van der Waals surface area (Å²) in [6.45, 7) is -0.0745. The fraction of sp³-hybridized carbons (Fsp3) is 0.190. The number of methoxy groups -OCH3 is 1. The van der Waals surface area contributed by atoms with Gasteiger partial charge in [0.1, 0.15) is 5.75 Å². The lowest BCUT2D eigenvalue weighted by Crippen LogP contribution is -2.36. The van der Waals surface area contributed by atoms with Gasteiger partial charge in [-0.3, -0.25) is 14.2 Å². The number of likely N-dealkylation sites (N-methyl/N-ethyl adjacent to an activating group) is 1. The molecule has 0 aliphatic rings. The molecule has 2 aromatic carbocycles. The third kappa shape index (κ3) is 5.55. The smallest absolute Gasteiger partial charge is 0.244 e. The summed E-state index contributed by atoms with van der Waals surface area (Å²) in [5.74, 6) is 0.380. The second-order valence-corrected chi connectivity index (χ2v) is 7.70. The van der Waals surface area contributed by atoms with Gasteiger partial charge in [-0.1, -0.05) is 41.6 Å². The highest BCUT2D eigenvalue weighted by atomic mass is 35.5. The van der Waals surface area contributed by atoms with Crippen LogP contribution in [0.15, 0.2) is 66.1 Å². The van der Waals surface area contributed by atoms with Gasteiger partial charge in [-0.2, -0.15) is 0 Å². The predicted molar refractivity (Wildman–Crippen MR) is 119 cm³/mol. The average Bonchev–Trinajstić information content (AvgIpc) is 3.22. The molecule has 0 saturated heterocycles.